The molecule has 14 heavy (non-hydrogen) atoms. The number of hydrogen-bond donors (Lipinski definition) is 0. The van der Waals surface area contributed by atoms with Crippen molar-refractivity contribution in [3.05, 3.63) is 29.3 Å². The van der Waals surface area contributed by atoms with E-state index in [2.05, 4.69) is 32.0 Å². The van der Waals surface area contributed by atoms with Crippen LogP contribution in [0.1, 0.15) is 25.0 Å². The maximum Gasteiger partial charge on any atom is 0.122 e. The first-order valence-electron chi connectivity index (χ1n) is 5.37. The molecule has 0 amide bonds. The van der Waals surface area contributed by atoms with Gasteiger partial charge in [-0.1, -0.05) is 26.0 Å². The van der Waals surface area contributed by atoms with Gasteiger partial charge in [0.2, 0.25) is 0 Å². The van der Waals surface area contributed by atoms with Crippen molar-refractivity contribution in [3.63, 3.8) is 0 Å². The highest BCUT2D eigenvalue weighted by Crippen LogP contribution is 2.36. The predicted molar refractivity (Wildman–Crippen MR) is 58.7 cm³/mol. The van der Waals surface area contributed by atoms with E-state index in [9.17, 15) is 0 Å². The fraction of sp³-hybridized carbons (Fsp3) is 0.538. The van der Waals surface area contributed by atoms with Crippen LogP contribution in [0.25, 0.3) is 0 Å². The van der Waals surface area contributed by atoms with Crippen LogP contribution < -0.4 is 4.74 Å². The summed E-state index contributed by atoms with van der Waals surface area (Å²) in [5.74, 6) is 2.65. The molecule has 2 rings (SSSR count). The van der Waals surface area contributed by atoms with Gasteiger partial charge >= 0.3 is 0 Å². The van der Waals surface area contributed by atoms with E-state index in [1.54, 1.807) is 7.11 Å². The fourth-order valence-electron chi connectivity index (χ4n) is 2.31. The Labute approximate surface area is 86.1 Å². The van der Waals surface area contributed by atoms with Gasteiger partial charge in [-0.15, -0.1) is 0 Å². The smallest absolute Gasteiger partial charge is 0.122 e. The first-order valence-corrected chi connectivity index (χ1v) is 5.37. The second-order valence-corrected chi connectivity index (χ2v) is 4.51. The van der Waals surface area contributed by atoms with Gasteiger partial charge in [-0.3, -0.25) is 0 Å². The summed E-state index contributed by atoms with van der Waals surface area (Å²) >= 11 is 0. The molecule has 0 spiro atoms. The third-order valence-electron chi connectivity index (χ3n) is 3.34. The normalized spacial score (nSPS) is 19.9. The Morgan fingerprint density at radius 2 is 2.07 bits per heavy atom. The number of fused-ring (bicyclic) bond motifs is 1. The number of hydrogen-bond acceptors (Lipinski definition) is 1. The van der Waals surface area contributed by atoms with Crippen LogP contribution in [0.15, 0.2) is 18.2 Å². The molecular formula is C13H18O. The van der Waals surface area contributed by atoms with E-state index in [4.69, 9.17) is 4.74 Å². The van der Waals surface area contributed by atoms with Crippen molar-refractivity contribution in [1.29, 1.82) is 0 Å². The van der Waals surface area contributed by atoms with Gasteiger partial charge in [-0.05, 0) is 41.9 Å². The lowest BCUT2D eigenvalue weighted by Crippen LogP contribution is -2.07. The standard InChI is InChI=1S/C13H18O/c1-9(2)11-7-10-5-4-6-13(14-3)12(10)8-11/h4-6,9,11H,7-8H2,1-3H3. The van der Waals surface area contributed by atoms with Gasteiger partial charge in [0, 0.05) is 0 Å². The molecule has 0 radical (unpaired) electrons. The molecule has 0 saturated carbocycles. The van der Waals surface area contributed by atoms with E-state index < -0.39 is 0 Å². The van der Waals surface area contributed by atoms with Crippen molar-refractivity contribution >= 4 is 0 Å². The Morgan fingerprint density at radius 3 is 2.71 bits per heavy atom. The first-order chi connectivity index (χ1) is 6.72. The van der Waals surface area contributed by atoms with Gasteiger partial charge in [-0.2, -0.15) is 0 Å². The molecule has 0 fully saturated rings. The summed E-state index contributed by atoms with van der Waals surface area (Å²) in [6, 6.07) is 6.40. The average Bonchev–Trinajstić information content (AvgIpc) is 2.60. The lowest BCUT2D eigenvalue weighted by Gasteiger charge is -2.12. The monoisotopic (exact) mass is 190 g/mol. The molecule has 1 aliphatic carbocycles. The van der Waals surface area contributed by atoms with E-state index in [0.29, 0.717) is 0 Å². The molecule has 0 aliphatic heterocycles. The quantitative estimate of drug-likeness (QED) is 0.696. The molecule has 1 aromatic rings. The molecule has 1 heteroatoms. The molecule has 0 heterocycles. The van der Waals surface area contributed by atoms with Crippen LogP contribution >= 0.6 is 0 Å². The second kappa shape index (κ2) is 3.64. The molecule has 1 nitrogen and oxygen atoms in total. The largest absolute Gasteiger partial charge is 0.496 e. The van der Waals surface area contributed by atoms with Crippen LogP contribution in [0.3, 0.4) is 0 Å². The average molecular weight is 190 g/mol. The molecule has 0 bridgehead atoms. The van der Waals surface area contributed by atoms with Crippen LogP contribution in [0, 0.1) is 11.8 Å². The van der Waals surface area contributed by atoms with Crippen LogP contribution in [0.4, 0.5) is 0 Å². The minimum Gasteiger partial charge on any atom is -0.496 e. The van der Waals surface area contributed by atoms with Crippen LogP contribution in [-0.4, -0.2) is 7.11 Å². The Morgan fingerprint density at radius 1 is 1.29 bits per heavy atom. The van der Waals surface area contributed by atoms with E-state index in [1.165, 1.54) is 24.0 Å². The summed E-state index contributed by atoms with van der Waals surface area (Å²) in [7, 11) is 1.76. The molecule has 1 aromatic carbocycles. The number of rotatable bonds is 2. The van der Waals surface area contributed by atoms with Gasteiger partial charge in [0.25, 0.3) is 0 Å². The molecular weight excluding hydrogens is 172 g/mol. The highest BCUT2D eigenvalue weighted by atomic mass is 16.5. The third kappa shape index (κ3) is 1.52. The second-order valence-electron chi connectivity index (χ2n) is 4.51. The van der Waals surface area contributed by atoms with Gasteiger partial charge in [0.1, 0.15) is 5.75 Å². The van der Waals surface area contributed by atoms with E-state index >= 15 is 0 Å². The van der Waals surface area contributed by atoms with E-state index in [0.717, 1.165) is 17.6 Å². The topological polar surface area (TPSA) is 9.23 Å². The summed E-state index contributed by atoms with van der Waals surface area (Å²) in [5.41, 5.74) is 2.93. The molecule has 76 valence electrons. The molecule has 1 unspecified atom stereocenters. The van der Waals surface area contributed by atoms with Gasteiger partial charge in [0.15, 0.2) is 0 Å². The van der Waals surface area contributed by atoms with Crippen LogP contribution in [-0.2, 0) is 12.8 Å². The highest BCUT2D eigenvalue weighted by molar-refractivity contribution is 5.43. The van der Waals surface area contributed by atoms with Crippen LogP contribution in [0.2, 0.25) is 0 Å². The molecule has 0 N–H and O–H groups in total. The summed E-state index contributed by atoms with van der Waals surface area (Å²) < 4.78 is 5.39. The van der Waals surface area contributed by atoms with Crippen molar-refractivity contribution in [3.8, 4) is 5.75 Å². The van der Waals surface area contributed by atoms with E-state index in [1.807, 2.05) is 0 Å². The third-order valence-corrected chi connectivity index (χ3v) is 3.34. The summed E-state index contributed by atoms with van der Waals surface area (Å²) in [6.07, 6.45) is 2.42. The van der Waals surface area contributed by atoms with Crippen LogP contribution in [0.5, 0.6) is 5.75 Å². The molecule has 1 atom stereocenters. The van der Waals surface area contributed by atoms with Gasteiger partial charge < -0.3 is 4.74 Å². The Kier molecular flexibility index (Phi) is 2.49. The maximum absolute atomic E-state index is 5.39. The zero-order valence-electron chi connectivity index (χ0n) is 9.21. The lowest BCUT2D eigenvalue weighted by molar-refractivity contribution is 0.389. The summed E-state index contributed by atoms with van der Waals surface area (Å²) in [4.78, 5) is 0. The van der Waals surface area contributed by atoms with Gasteiger partial charge in [-0.25, -0.2) is 0 Å². The number of ether oxygens (including phenoxy) is 1. The fourth-order valence-corrected chi connectivity index (χ4v) is 2.31. The summed E-state index contributed by atoms with van der Waals surface area (Å²) in [5, 5.41) is 0. The van der Waals surface area contributed by atoms with Crippen molar-refractivity contribution in [2.75, 3.05) is 7.11 Å². The van der Waals surface area contributed by atoms with Gasteiger partial charge in [0.05, 0.1) is 7.11 Å². The van der Waals surface area contributed by atoms with Crippen molar-refractivity contribution in [1.82, 2.24) is 0 Å². The highest BCUT2D eigenvalue weighted by Gasteiger charge is 2.25. The first kappa shape index (κ1) is 9.57. The summed E-state index contributed by atoms with van der Waals surface area (Å²) in [6.45, 7) is 4.62. The minimum absolute atomic E-state index is 0.770. The Balaban J connectivity index is 2.30. The number of methoxy groups -OCH3 is 1. The zero-order chi connectivity index (χ0) is 10.1. The zero-order valence-corrected chi connectivity index (χ0v) is 9.21. The molecule has 0 aromatic heterocycles. The minimum atomic E-state index is 0.770. The lowest BCUT2D eigenvalue weighted by atomic mass is 9.93. The van der Waals surface area contributed by atoms with Crippen molar-refractivity contribution in [2.24, 2.45) is 11.8 Å². The predicted octanol–water partition coefficient (Wildman–Crippen LogP) is 3.07. The SMILES string of the molecule is COc1cccc2c1CC(C(C)C)C2. The molecule has 0 saturated heterocycles. The maximum atomic E-state index is 5.39. The van der Waals surface area contributed by atoms with E-state index in [-0.39, 0.29) is 0 Å². The van der Waals surface area contributed by atoms with Crippen molar-refractivity contribution in [2.45, 2.75) is 26.7 Å². The molecule has 1 aliphatic rings. The van der Waals surface area contributed by atoms with Crippen molar-refractivity contribution < 1.29 is 4.74 Å². The number of benzene rings is 1. The Hall–Kier alpha value is -0.980. The Bertz CT molecular complexity index is 328.